The van der Waals surface area contributed by atoms with Crippen LogP contribution in [-0.4, -0.2) is 66.9 Å². The Kier molecular flexibility index (Phi) is 9.78. The van der Waals surface area contributed by atoms with Crippen LogP contribution in [0.4, 0.5) is 0 Å². The Labute approximate surface area is 136 Å². The molecule has 0 aliphatic carbocycles. The Morgan fingerprint density at radius 1 is 0.783 bits per heavy atom. The van der Waals surface area contributed by atoms with Gasteiger partial charge in [-0.05, 0) is 18.2 Å². The summed E-state index contributed by atoms with van der Waals surface area (Å²) in [4.78, 5) is 12.0. The van der Waals surface area contributed by atoms with Crippen LogP contribution in [0.2, 0.25) is 0 Å². The van der Waals surface area contributed by atoms with Gasteiger partial charge in [0.05, 0.1) is 25.4 Å². The summed E-state index contributed by atoms with van der Waals surface area (Å²) >= 11 is 0. The van der Waals surface area contributed by atoms with Crippen LogP contribution in [0.25, 0.3) is 0 Å². The highest BCUT2D eigenvalue weighted by atomic mass is 16.6. The molecule has 0 atom stereocenters. The molecule has 0 saturated carbocycles. The quantitative estimate of drug-likeness (QED) is 0.426. The molecule has 1 aromatic rings. The van der Waals surface area contributed by atoms with Crippen molar-refractivity contribution in [3.05, 3.63) is 23.8 Å². The minimum atomic E-state index is -0.443. The zero-order chi connectivity index (χ0) is 16.9. The van der Waals surface area contributed by atoms with Crippen molar-refractivity contribution in [3.8, 4) is 11.5 Å². The molecule has 0 aliphatic rings. The van der Waals surface area contributed by atoms with E-state index in [4.69, 9.17) is 28.4 Å². The van der Waals surface area contributed by atoms with Crippen LogP contribution in [0.1, 0.15) is 10.4 Å². The summed E-state index contributed by atoms with van der Waals surface area (Å²) in [5.74, 6) is 0.549. The minimum absolute atomic E-state index is 0.196. The maximum absolute atomic E-state index is 12.0. The van der Waals surface area contributed by atoms with E-state index in [1.54, 1.807) is 39.5 Å². The van der Waals surface area contributed by atoms with E-state index < -0.39 is 5.97 Å². The van der Waals surface area contributed by atoms with E-state index in [1.165, 1.54) is 0 Å². The maximum atomic E-state index is 12.0. The summed E-state index contributed by atoms with van der Waals surface area (Å²) in [6.45, 7) is 2.16. The molecule has 1 aromatic carbocycles. The van der Waals surface area contributed by atoms with E-state index in [-0.39, 0.29) is 6.61 Å². The normalized spacial score (nSPS) is 10.4. The molecule has 130 valence electrons. The van der Waals surface area contributed by atoms with Gasteiger partial charge < -0.3 is 28.4 Å². The highest BCUT2D eigenvalue weighted by molar-refractivity contribution is 5.90. The van der Waals surface area contributed by atoms with Crippen LogP contribution in [0, 0.1) is 0 Å². The highest BCUT2D eigenvalue weighted by Crippen LogP contribution is 2.28. The predicted molar refractivity (Wildman–Crippen MR) is 83.3 cm³/mol. The first-order valence-electron chi connectivity index (χ1n) is 7.26. The largest absolute Gasteiger partial charge is 0.487 e. The third-order valence-electron chi connectivity index (χ3n) is 2.79. The minimum Gasteiger partial charge on any atom is -0.487 e. The second kappa shape index (κ2) is 11.7. The summed E-state index contributed by atoms with van der Waals surface area (Å²) in [6.07, 6.45) is 0. The van der Waals surface area contributed by atoms with Gasteiger partial charge in [-0.15, -0.1) is 0 Å². The lowest BCUT2D eigenvalue weighted by atomic mass is 10.2. The van der Waals surface area contributed by atoms with E-state index in [9.17, 15) is 4.79 Å². The van der Waals surface area contributed by atoms with E-state index in [2.05, 4.69) is 0 Å². The fourth-order valence-electron chi connectivity index (χ4n) is 1.64. The van der Waals surface area contributed by atoms with Crippen molar-refractivity contribution in [2.75, 3.05) is 61.0 Å². The lowest BCUT2D eigenvalue weighted by molar-refractivity contribution is 0.0387. The Morgan fingerprint density at radius 2 is 1.35 bits per heavy atom. The lowest BCUT2D eigenvalue weighted by Gasteiger charge is -2.14. The molecule has 0 heterocycles. The van der Waals surface area contributed by atoms with Crippen molar-refractivity contribution in [2.24, 2.45) is 0 Å². The molecular weight excluding hydrogens is 304 g/mol. The molecule has 23 heavy (non-hydrogen) atoms. The Morgan fingerprint density at radius 3 is 1.96 bits per heavy atom. The van der Waals surface area contributed by atoms with E-state index in [1.807, 2.05) is 0 Å². The lowest BCUT2D eigenvalue weighted by Crippen LogP contribution is -2.12. The summed E-state index contributed by atoms with van der Waals surface area (Å²) < 4.78 is 31.0. The second-order valence-electron chi connectivity index (χ2n) is 4.47. The molecule has 1 rings (SSSR count). The predicted octanol–water partition coefficient (Wildman–Crippen LogP) is 1.54. The first-order chi connectivity index (χ1) is 11.2. The van der Waals surface area contributed by atoms with Gasteiger partial charge in [0.2, 0.25) is 0 Å². The van der Waals surface area contributed by atoms with E-state index in [0.29, 0.717) is 50.1 Å². The van der Waals surface area contributed by atoms with Crippen LogP contribution in [-0.2, 0) is 18.9 Å². The zero-order valence-electron chi connectivity index (χ0n) is 13.8. The smallest absolute Gasteiger partial charge is 0.338 e. The molecule has 7 heteroatoms. The Balaban J connectivity index is 2.76. The van der Waals surface area contributed by atoms with Gasteiger partial charge in [0, 0.05) is 21.3 Å². The van der Waals surface area contributed by atoms with Gasteiger partial charge >= 0.3 is 5.97 Å². The number of carbonyl (C=O) groups excluding carboxylic acids is 1. The number of carbonyl (C=O) groups is 1. The number of benzene rings is 1. The zero-order valence-corrected chi connectivity index (χ0v) is 13.8. The number of hydrogen-bond acceptors (Lipinski definition) is 7. The molecule has 0 unspecified atom stereocenters. The molecule has 7 nitrogen and oxygen atoms in total. The van der Waals surface area contributed by atoms with Gasteiger partial charge in [-0.2, -0.15) is 0 Å². The van der Waals surface area contributed by atoms with Gasteiger partial charge in [0.15, 0.2) is 11.5 Å². The van der Waals surface area contributed by atoms with Gasteiger partial charge in [0.25, 0.3) is 0 Å². The molecule has 0 saturated heterocycles. The number of ether oxygens (including phenoxy) is 6. The van der Waals surface area contributed by atoms with Crippen molar-refractivity contribution >= 4 is 5.97 Å². The number of rotatable bonds is 12. The summed E-state index contributed by atoms with van der Waals surface area (Å²) in [5.41, 5.74) is 0.382. The fraction of sp³-hybridized carbons (Fsp3) is 0.562. The van der Waals surface area contributed by atoms with Gasteiger partial charge in [-0.3, -0.25) is 0 Å². The molecule has 0 amide bonds. The van der Waals surface area contributed by atoms with Crippen LogP contribution in [0.15, 0.2) is 18.2 Å². The summed E-state index contributed by atoms with van der Waals surface area (Å²) in [5, 5.41) is 0. The molecule has 0 radical (unpaired) electrons. The van der Waals surface area contributed by atoms with Crippen molar-refractivity contribution in [2.45, 2.75) is 0 Å². The average Bonchev–Trinajstić information content (AvgIpc) is 2.56. The second-order valence-corrected chi connectivity index (χ2v) is 4.47. The molecule has 0 aromatic heterocycles. The number of methoxy groups -OCH3 is 3. The van der Waals surface area contributed by atoms with Gasteiger partial charge in [-0.1, -0.05) is 0 Å². The standard InChI is InChI=1S/C16H24O7/c1-18-6-9-21-14-5-4-13(16(17)23-11-8-20-3)12-15(14)22-10-7-19-2/h4-5,12H,6-11H2,1-3H3. The van der Waals surface area contributed by atoms with Crippen LogP contribution < -0.4 is 9.47 Å². The van der Waals surface area contributed by atoms with Crippen LogP contribution in [0.3, 0.4) is 0 Å². The number of hydrogen-bond donors (Lipinski definition) is 0. The molecule has 0 fully saturated rings. The molecule has 0 bridgehead atoms. The van der Waals surface area contributed by atoms with E-state index >= 15 is 0 Å². The topological polar surface area (TPSA) is 72.5 Å². The third kappa shape index (κ3) is 7.32. The number of esters is 1. The molecule has 0 N–H and O–H groups in total. The summed E-state index contributed by atoms with van der Waals surface area (Å²) in [6, 6.07) is 4.89. The first-order valence-corrected chi connectivity index (χ1v) is 7.26. The van der Waals surface area contributed by atoms with Crippen LogP contribution in [0.5, 0.6) is 11.5 Å². The molecule has 0 spiro atoms. The van der Waals surface area contributed by atoms with Gasteiger partial charge in [0.1, 0.15) is 19.8 Å². The van der Waals surface area contributed by atoms with Gasteiger partial charge in [-0.25, -0.2) is 4.79 Å². The van der Waals surface area contributed by atoms with Crippen molar-refractivity contribution in [3.63, 3.8) is 0 Å². The Hall–Kier alpha value is -1.83. The van der Waals surface area contributed by atoms with Crippen molar-refractivity contribution in [1.82, 2.24) is 0 Å². The average molecular weight is 328 g/mol. The van der Waals surface area contributed by atoms with Crippen LogP contribution >= 0.6 is 0 Å². The third-order valence-corrected chi connectivity index (χ3v) is 2.79. The SMILES string of the molecule is COCCOC(=O)c1ccc(OCCOC)c(OCCOC)c1. The molecule has 0 aliphatic heterocycles. The van der Waals surface area contributed by atoms with Crippen molar-refractivity contribution < 1.29 is 33.2 Å². The highest BCUT2D eigenvalue weighted by Gasteiger charge is 2.13. The maximum Gasteiger partial charge on any atom is 0.338 e. The first kappa shape index (κ1) is 19.2. The summed E-state index contributed by atoms with van der Waals surface area (Å²) in [7, 11) is 4.73. The van der Waals surface area contributed by atoms with Crippen molar-refractivity contribution in [1.29, 1.82) is 0 Å². The molecular formula is C16H24O7. The monoisotopic (exact) mass is 328 g/mol. The fourth-order valence-corrected chi connectivity index (χ4v) is 1.64. The van der Waals surface area contributed by atoms with E-state index in [0.717, 1.165) is 0 Å². The Bertz CT molecular complexity index is 462.